The van der Waals surface area contributed by atoms with Crippen LogP contribution in [0.15, 0.2) is 18.2 Å². The second-order valence-electron chi connectivity index (χ2n) is 5.45. The van der Waals surface area contributed by atoms with Crippen molar-refractivity contribution in [2.45, 2.75) is 38.8 Å². The Morgan fingerprint density at radius 2 is 2.30 bits per heavy atom. The predicted molar refractivity (Wildman–Crippen MR) is 84.6 cm³/mol. The molecule has 0 aromatic heterocycles. The van der Waals surface area contributed by atoms with Gasteiger partial charge in [-0.15, -0.1) is 0 Å². The number of ether oxygens (including phenoxy) is 1. The van der Waals surface area contributed by atoms with Crippen molar-refractivity contribution in [3.05, 3.63) is 28.8 Å². The van der Waals surface area contributed by atoms with Gasteiger partial charge in [-0.1, -0.05) is 31.0 Å². The van der Waals surface area contributed by atoms with Crippen LogP contribution in [-0.2, 0) is 6.54 Å². The van der Waals surface area contributed by atoms with Gasteiger partial charge in [-0.05, 0) is 38.1 Å². The monoisotopic (exact) mass is 296 g/mol. The fraction of sp³-hybridized carbons (Fsp3) is 0.625. The van der Waals surface area contributed by atoms with Gasteiger partial charge in [-0.2, -0.15) is 0 Å². The minimum atomic E-state index is 0.594. The van der Waals surface area contributed by atoms with E-state index in [0.29, 0.717) is 6.04 Å². The molecule has 1 heterocycles. The average molecular weight is 297 g/mol. The first-order valence-corrected chi connectivity index (χ1v) is 7.89. The van der Waals surface area contributed by atoms with Crippen LogP contribution in [0.1, 0.15) is 31.7 Å². The Morgan fingerprint density at radius 3 is 3.05 bits per heavy atom. The Balaban J connectivity index is 2.08. The summed E-state index contributed by atoms with van der Waals surface area (Å²) in [5.41, 5.74) is 1.11. The summed E-state index contributed by atoms with van der Waals surface area (Å²) in [5.74, 6) is 0.891. The summed E-state index contributed by atoms with van der Waals surface area (Å²) in [5, 5.41) is 4.44. The van der Waals surface area contributed by atoms with Crippen molar-refractivity contribution in [1.82, 2.24) is 10.2 Å². The van der Waals surface area contributed by atoms with E-state index in [1.807, 2.05) is 18.2 Å². The molecule has 4 heteroatoms. The molecule has 1 saturated heterocycles. The zero-order chi connectivity index (χ0) is 14.4. The number of halogens is 1. The highest BCUT2D eigenvalue weighted by molar-refractivity contribution is 6.31. The van der Waals surface area contributed by atoms with Crippen LogP contribution in [0.5, 0.6) is 5.75 Å². The molecule has 1 aromatic rings. The predicted octanol–water partition coefficient (Wildman–Crippen LogP) is 3.31. The van der Waals surface area contributed by atoms with E-state index in [9.17, 15) is 0 Å². The first kappa shape index (κ1) is 15.6. The van der Waals surface area contributed by atoms with Crippen LogP contribution in [0.3, 0.4) is 0 Å². The first-order valence-electron chi connectivity index (χ1n) is 7.51. The molecular formula is C16H25ClN2O. The number of rotatable bonds is 5. The number of nitrogens with one attached hydrogen (secondary N) is 1. The zero-order valence-corrected chi connectivity index (χ0v) is 13.2. The maximum Gasteiger partial charge on any atom is 0.124 e. The first-order chi connectivity index (χ1) is 9.74. The molecule has 2 rings (SSSR count). The molecule has 1 N–H and O–H groups in total. The molecule has 0 radical (unpaired) electrons. The molecule has 1 atom stereocenters. The minimum Gasteiger partial charge on any atom is -0.496 e. The fourth-order valence-corrected chi connectivity index (χ4v) is 3.09. The number of nitrogens with zero attached hydrogens (tertiary/aromatic N) is 1. The van der Waals surface area contributed by atoms with Crippen molar-refractivity contribution in [3.8, 4) is 5.75 Å². The molecule has 0 bridgehead atoms. The van der Waals surface area contributed by atoms with Gasteiger partial charge in [-0.25, -0.2) is 0 Å². The van der Waals surface area contributed by atoms with Gasteiger partial charge < -0.3 is 10.1 Å². The lowest BCUT2D eigenvalue weighted by Gasteiger charge is -2.25. The summed E-state index contributed by atoms with van der Waals surface area (Å²) in [6.45, 7) is 6.42. The summed E-state index contributed by atoms with van der Waals surface area (Å²) in [7, 11) is 1.71. The van der Waals surface area contributed by atoms with Crippen molar-refractivity contribution in [2.75, 3.05) is 26.7 Å². The van der Waals surface area contributed by atoms with E-state index in [-0.39, 0.29) is 0 Å². The number of methoxy groups -OCH3 is 1. The Labute approximate surface area is 127 Å². The zero-order valence-electron chi connectivity index (χ0n) is 12.5. The van der Waals surface area contributed by atoms with Crippen molar-refractivity contribution in [2.24, 2.45) is 0 Å². The third-order valence-electron chi connectivity index (χ3n) is 3.88. The summed E-state index contributed by atoms with van der Waals surface area (Å²) in [6.07, 6.45) is 3.64. The van der Waals surface area contributed by atoms with Crippen LogP contribution < -0.4 is 10.1 Å². The normalized spacial score (nSPS) is 20.6. The van der Waals surface area contributed by atoms with Gasteiger partial charge in [0, 0.05) is 29.7 Å². The maximum atomic E-state index is 6.34. The van der Waals surface area contributed by atoms with Gasteiger partial charge in [0.1, 0.15) is 5.75 Å². The highest BCUT2D eigenvalue weighted by Gasteiger charge is 2.19. The summed E-state index contributed by atoms with van der Waals surface area (Å²) in [4.78, 5) is 2.49. The molecule has 0 spiro atoms. The van der Waals surface area contributed by atoms with Crippen LogP contribution in [0.25, 0.3) is 0 Å². The minimum absolute atomic E-state index is 0.594. The van der Waals surface area contributed by atoms with Crippen molar-refractivity contribution in [1.29, 1.82) is 0 Å². The van der Waals surface area contributed by atoms with Crippen LogP contribution >= 0.6 is 11.6 Å². The van der Waals surface area contributed by atoms with Crippen LogP contribution in [0.2, 0.25) is 5.02 Å². The molecule has 1 aromatic carbocycles. The second kappa shape index (κ2) is 7.87. The van der Waals surface area contributed by atoms with Gasteiger partial charge >= 0.3 is 0 Å². The number of benzene rings is 1. The standard InChI is InChI=1S/C16H25ClN2O/c1-3-6-13-11-19(10-5-9-18-13)12-14-15(17)7-4-8-16(14)20-2/h4,7-8,13,18H,3,5-6,9-12H2,1-2H3. The van der Waals surface area contributed by atoms with Gasteiger partial charge in [0.25, 0.3) is 0 Å². The lowest BCUT2D eigenvalue weighted by atomic mass is 10.1. The molecule has 0 saturated carbocycles. The highest BCUT2D eigenvalue weighted by Crippen LogP contribution is 2.28. The molecule has 0 amide bonds. The van der Waals surface area contributed by atoms with Gasteiger partial charge in [0.2, 0.25) is 0 Å². The molecule has 1 aliphatic rings. The van der Waals surface area contributed by atoms with Crippen molar-refractivity contribution >= 4 is 11.6 Å². The fourth-order valence-electron chi connectivity index (χ4n) is 2.87. The number of hydrogen-bond donors (Lipinski definition) is 1. The van der Waals surface area contributed by atoms with E-state index < -0.39 is 0 Å². The smallest absolute Gasteiger partial charge is 0.124 e. The van der Waals surface area contributed by atoms with Gasteiger partial charge in [0.15, 0.2) is 0 Å². The molecule has 1 unspecified atom stereocenters. The maximum absolute atomic E-state index is 6.34. The molecule has 112 valence electrons. The van der Waals surface area contributed by atoms with E-state index in [1.54, 1.807) is 7.11 Å². The Kier molecular flexibility index (Phi) is 6.14. The molecule has 20 heavy (non-hydrogen) atoms. The SMILES string of the molecule is CCCC1CN(Cc2c(Cl)cccc2OC)CCCN1. The molecule has 1 fully saturated rings. The Morgan fingerprint density at radius 1 is 1.45 bits per heavy atom. The van der Waals surface area contributed by atoms with Gasteiger partial charge in [-0.3, -0.25) is 4.90 Å². The molecule has 0 aliphatic carbocycles. The van der Waals surface area contributed by atoms with Crippen molar-refractivity contribution in [3.63, 3.8) is 0 Å². The molecule has 1 aliphatic heterocycles. The average Bonchev–Trinajstić information content (AvgIpc) is 2.67. The molecule has 3 nitrogen and oxygen atoms in total. The van der Waals surface area contributed by atoms with Gasteiger partial charge in [0.05, 0.1) is 7.11 Å². The Hall–Kier alpha value is -0.770. The van der Waals surface area contributed by atoms with Crippen LogP contribution in [-0.4, -0.2) is 37.7 Å². The lowest BCUT2D eigenvalue weighted by Crippen LogP contribution is -2.37. The summed E-state index contributed by atoms with van der Waals surface area (Å²) >= 11 is 6.34. The second-order valence-corrected chi connectivity index (χ2v) is 5.86. The van der Waals surface area contributed by atoms with Crippen LogP contribution in [0.4, 0.5) is 0 Å². The summed E-state index contributed by atoms with van der Waals surface area (Å²) < 4.78 is 5.45. The number of hydrogen-bond acceptors (Lipinski definition) is 3. The third-order valence-corrected chi connectivity index (χ3v) is 4.23. The van der Waals surface area contributed by atoms with E-state index in [0.717, 1.165) is 42.5 Å². The third kappa shape index (κ3) is 4.11. The van der Waals surface area contributed by atoms with E-state index >= 15 is 0 Å². The lowest BCUT2D eigenvalue weighted by molar-refractivity contribution is 0.251. The van der Waals surface area contributed by atoms with E-state index in [1.165, 1.54) is 19.3 Å². The highest BCUT2D eigenvalue weighted by atomic mass is 35.5. The quantitative estimate of drug-likeness (QED) is 0.902. The van der Waals surface area contributed by atoms with E-state index in [4.69, 9.17) is 16.3 Å². The Bertz CT molecular complexity index is 425. The van der Waals surface area contributed by atoms with Crippen LogP contribution in [0, 0.1) is 0 Å². The molecular weight excluding hydrogens is 272 g/mol. The van der Waals surface area contributed by atoms with Crippen molar-refractivity contribution < 1.29 is 4.74 Å². The topological polar surface area (TPSA) is 24.5 Å². The van der Waals surface area contributed by atoms with E-state index in [2.05, 4.69) is 17.1 Å². The summed E-state index contributed by atoms with van der Waals surface area (Å²) in [6, 6.07) is 6.46. The largest absolute Gasteiger partial charge is 0.496 e.